The molecule has 0 saturated carbocycles. The molecule has 0 spiro atoms. The molecular formula is C14H19ClN4O. The average molecular weight is 295 g/mol. The van der Waals surface area contributed by atoms with Gasteiger partial charge in [-0.1, -0.05) is 42.3 Å². The van der Waals surface area contributed by atoms with E-state index in [9.17, 15) is 0 Å². The minimum atomic E-state index is 0.355. The second kappa shape index (κ2) is 7.26. The Kier molecular flexibility index (Phi) is 5.38. The number of unbranched alkanes of at least 4 members (excludes halogenated alkanes) is 1. The van der Waals surface area contributed by atoms with Gasteiger partial charge in [0, 0.05) is 13.1 Å². The Morgan fingerprint density at radius 2 is 2.15 bits per heavy atom. The number of rotatable bonds is 7. The van der Waals surface area contributed by atoms with Gasteiger partial charge in [-0.3, -0.25) is 0 Å². The number of nitrogens with two attached hydrogens (primary N) is 1. The first kappa shape index (κ1) is 14.8. The van der Waals surface area contributed by atoms with Crippen LogP contribution < -0.4 is 10.5 Å². The zero-order valence-corrected chi connectivity index (χ0v) is 12.3. The highest BCUT2D eigenvalue weighted by molar-refractivity contribution is 6.32. The average Bonchev–Trinajstić information content (AvgIpc) is 2.86. The summed E-state index contributed by atoms with van der Waals surface area (Å²) in [6.45, 7) is 3.69. The number of hydrogen-bond acceptors (Lipinski definition) is 4. The smallest absolute Gasteiger partial charge is 0.138 e. The number of benzene rings is 1. The van der Waals surface area contributed by atoms with Crippen LogP contribution in [0.3, 0.4) is 0 Å². The first-order valence-electron chi connectivity index (χ1n) is 6.75. The van der Waals surface area contributed by atoms with E-state index in [1.807, 2.05) is 22.9 Å². The molecule has 0 saturated heterocycles. The van der Waals surface area contributed by atoms with Crippen LogP contribution in [-0.2, 0) is 19.7 Å². The van der Waals surface area contributed by atoms with Gasteiger partial charge >= 0.3 is 0 Å². The fourth-order valence-corrected chi connectivity index (χ4v) is 2.07. The van der Waals surface area contributed by atoms with E-state index in [0.717, 1.165) is 30.8 Å². The summed E-state index contributed by atoms with van der Waals surface area (Å²) in [5.41, 5.74) is 7.38. The Bertz CT molecular complexity index is 556. The fourth-order valence-electron chi connectivity index (χ4n) is 1.88. The summed E-state index contributed by atoms with van der Waals surface area (Å²) in [4.78, 5) is 0. The largest absolute Gasteiger partial charge is 0.486 e. The highest BCUT2D eigenvalue weighted by atomic mass is 35.5. The number of halogens is 1. The number of ether oxygens (including phenoxy) is 1. The number of para-hydroxylation sites is 1. The lowest BCUT2D eigenvalue weighted by Gasteiger charge is -2.10. The van der Waals surface area contributed by atoms with Gasteiger partial charge in [0.2, 0.25) is 0 Å². The van der Waals surface area contributed by atoms with Crippen LogP contribution in [0.25, 0.3) is 0 Å². The number of nitrogens with zero attached hydrogens (tertiary/aromatic N) is 3. The molecule has 1 aromatic heterocycles. The molecule has 0 aliphatic heterocycles. The SMILES string of the molecule is CCCCn1nnc(CN)c1COc1ccccc1Cl. The van der Waals surface area contributed by atoms with Gasteiger partial charge in [-0.05, 0) is 18.6 Å². The Labute approximate surface area is 123 Å². The van der Waals surface area contributed by atoms with E-state index in [1.54, 1.807) is 6.07 Å². The third kappa shape index (κ3) is 3.49. The fraction of sp³-hybridized carbons (Fsp3) is 0.429. The topological polar surface area (TPSA) is 66.0 Å². The van der Waals surface area contributed by atoms with E-state index in [1.165, 1.54) is 0 Å². The first-order chi connectivity index (χ1) is 9.76. The molecule has 2 aromatic rings. The zero-order chi connectivity index (χ0) is 14.4. The van der Waals surface area contributed by atoms with Crippen LogP contribution in [0.2, 0.25) is 5.02 Å². The molecule has 0 fully saturated rings. The predicted molar refractivity (Wildman–Crippen MR) is 78.6 cm³/mol. The molecule has 0 bridgehead atoms. The summed E-state index contributed by atoms with van der Waals surface area (Å²) in [6, 6.07) is 7.39. The maximum atomic E-state index is 6.07. The Hall–Kier alpha value is -1.59. The van der Waals surface area contributed by atoms with Crippen molar-refractivity contribution in [1.82, 2.24) is 15.0 Å². The van der Waals surface area contributed by atoms with Gasteiger partial charge in [-0.2, -0.15) is 0 Å². The van der Waals surface area contributed by atoms with Gasteiger partial charge < -0.3 is 10.5 Å². The number of aromatic nitrogens is 3. The number of hydrogen-bond donors (Lipinski definition) is 1. The van der Waals surface area contributed by atoms with Crippen molar-refractivity contribution in [2.45, 2.75) is 39.5 Å². The van der Waals surface area contributed by atoms with Gasteiger partial charge in [0.25, 0.3) is 0 Å². The lowest BCUT2D eigenvalue weighted by molar-refractivity contribution is 0.290. The summed E-state index contributed by atoms with van der Waals surface area (Å²) in [6.07, 6.45) is 2.15. The van der Waals surface area contributed by atoms with Crippen LogP contribution in [-0.4, -0.2) is 15.0 Å². The molecule has 0 aliphatic rings. The molecular weight excluding hydrogens is 276 g/mol. The normalized spacial score (nSPS) is 10.8. The molecule has 108 valence electrons. The van der Waals surface area contributed by atoms with Crippen LogP contribution in [0.4, 0.5) is 0 Å². The van der Waals surface area contributed by atoms with Gasteiger partial charge in [0.1, 0.15) is 23.7 Å². The van der Waals surface area contributed by atoms with Crippen LogP contribution in [0, 0.1) is 0 Å². The summed E-state index contributed by atoms with van der Waals surface area (Å²) < 4.78 is 7.62. The summed E-state index contributed by atoms with van der Waals surface area (Å²) in [5.74, 6) is 0.653. The molecule has 1 heterocycles. The van der Waals surface area contributed by atoms with Crippen molar-refractivity contribution in [3.8, 4) is 5.75 Å². The van der Waals surface area contributed by atoms with Crippen LogP contribution in [0.15, 0.2) is 24.3 Å². The molecule has 0 radical (unpaired) electrons. The first-order valence-corrected chi connectivity index (χ1v) is 7.12. The maximum Gasteiger partial charge on any atom is 0.138 e. The minimum absolute atomic E-state index is 0.355. The maximum absolute atomic E-state index is 6.07. The molecule has 20 heavy (non-hydrogen) atoms. The highest BCUT2D eigenvalue weighted by Crippen LogP contribution is 2.24. The molecule has 0 amide bonds. The lowest BCUT2D eigenvalue weighted by Crippen LogP contribution is -2.11. The minimum Gasteiger partial charge on any atom is -0.486 e. The van der Waals surface area contributed by atoms with E-state index >= 15 is 0 Å². The second-order valence-corrected chi connectivity index (χ2v) is 4.89. The standard InChI is InChI=1S/C14H19ClN4O/c1-2-3-8-19-13(12(9-16)17-18-19)10-20-14-7-5-4-6-11(14)15/h4-7H,2-3,8-10,16H2,1H3. The highest BCUT2D eigenvalue weighted by Gasteiger charge is 2.12. The molecule has 2 N–H and O–H groups in total. The molecule has 0 unspecified atom stereocenters. The van der Waals surface area contributed by atoms with Gasteiger partial charge in [-0.15, -0.1) is 5.10 Å². The van der Waals surface area contributed by atoms with Crippen molar-refractivity contribution in [2.24, 2.45) is 5.73 Å². The van der Waals surface area contributed by atoms with Crippen LogP contribution in [0.1, 0.15) is 31.2 Å². The molecule has 2 rings (SSSR count). The Morgan fingerprint density at radius 1 is 1.35 bits per heavy atom. The lowest BCUT2D eigenvalue weighted by atomic mass is 10.3. The van der Waals surface area contributed by atoms with Gasteiger partial charge in [0.05, 0.1) is 5.02 Å². The van der Waals surface area contributed by atoms with Crippen molar-refractivity contribution >= 4 is 11.6 Å². The van der Waals surface area contributed by atoms with Gasteiger partial charge in [0.15, 0.2) is 0 Å². The van der Waals surface area contributed by atoms with E-state index in [0.29, 0.717) is 23.9 Å². The Balaban J connectivity index is 2.11. The molecule has 0 atom stereocenters. The van der Waals surface area contributed by atoms with Crippen LogP contribution in [0.5, 0.6) is 5.75 Å². The predicted octanol–water partition coefficient (Wildman–Crippen LogP) is 2.77. The van der Waals surface area contributed by atoms with Crippen molar-refractivity contribution in [2.75, 3.05) is 0 Å². The molecule has 1 aromatic carbocycles. The van der Waals surface area contributed by atoms with Gasteiger partial charge in [-0.25, -0.2) is 4.68 Å². The zero-order valence-electron chi connectivity index (χ0n) is 11.6. The molecule has 5 nitrogen and oxygen atoms in total. The summed E-state index contributed by atoms with van der Waals surface area (Å²) in [7, 11) is 0. The monoisotopic (exact) mass is 294 g/mol. The van der Waals surface area contributed by atoms with E-state index < -0.39 is 0 Å². The summed E-state index contributed by atoms with van der Waals surface area (Å²) >= 11 is 6.07. The third-order valence-electron chi connectivity index (χ3n) is 3.04. The van der Waals surface area contributed by atoms with E-state index in [4.69, 9.17) is 22.1 Å². The van der Waals surface area contributed by atoms with Crippen molar-refractivity contribution in [3.05, 3.63) is 40.7 Å². The Morgan fingerprint density at radius 3 is 2.85 bits per heavy atom. The van der Waals surface area contributed by atoms with Crippen molar-refractivity contribution in [1.29, 1.82) is 0 Å². The van der Waals surface area contributed by atoms with Crippen molar-refractivity contribution < 1.29 is 4.74 Å². The summed E-state index contributed by atoms with van der Waals surface area (Å²) in [5, 5.41) is 8.82. The van der Waals surface area contributed by atoms with Crippen molar-refractivity contribution in [3.63, 3.8) is 0 Å². The second-order valence-electron chi connectivity index (χ2n) is 4.48. The van der Waals surface area contributed by atoms with Crippen LogP contribution >= 0.6 is 11.6 Å². The van der Waals surface area contributed by atoms with E-state index in [2.05, 4.69) is 17.2 Å². The molecule has 0 aliphatic carbocycles. The molecule has 6 heteroatoms. The quantitative estimate of drug-likeness (QED) is 0.853. The van der Waals surface area contributed by atoms with E-state index in [-0.39, 0.29) is 0 Å². The number of aryl methyl sites for hydroxylation is 1. The third-order valence-corrected chi connectivity index (χ3v) is 3.35.